The fraction of sp³-hybridized carbons (Fsp3) is 0.778. The van der Waals surface area contributed by atoms with Gasteiger partial charge in [0.25, 0.3) is 0 Å². The van der Waals surface area contributed by atoms with Gasteiger partial charge in [-0.25, -0.2) is 0 Å². The average molecular weight is 239 g/mol. The summed E-state index contributed by atoms with van der Waals surface area (Å²) in [6.45, 7) is 6.09. The second-order valence-electron chi connectivity index (χ2n) is 3.97. The monoisotopic (exact) mass is 239 g/mol. The van der Waals surface area contributed by atoms with Crippen LogP contribution in [0.2, 0.25) is 0 Å². The molecule has 0 amide bonds. The lowest BCUT2D eigenvalue weighted by Gasteiger charge is -2.44. The summed E-state index contributed by atoms with van der Waals surface area (Å²) in [5.41, 5.74) is 0.585. The van der Waals surface area contributed by atoms with Crippen molar-refractivity contribution in [3.63, 3.8) is 0 Å². The first-order valence-electron chi connectivity index (χ1n) is 4.72. The summed E-state index contributed by atoms with van der Waals surface area (Å²) in [7, 11) is 0. The Morgan fingerprint density at radius 3 is 2.25 bits per heavy atom. The Kier molecular flexibility index (Phi) is 3.25. The van der Waals surface area contributed by atoms with Gasteiger partial charge in [-0.2, -0.15) is 32.9 Å². The highest BCUT2D eigenvalue weighted by Gasteiger charge is 2.71. The molecule has 0 aliphatic heterocycles. The maximum Gasteiger partial charge on any atom is 0.315 e. The summed E-state index contributed by atoms with van der Waals surface area (Å²) >= 11 is 0. The highest BCUT2D eigenvalue weighted by Crippen LogP contribution is 2.55. The Bertz CT molecular complexity index is 310. The van der Waals surface area contributed by atoms with Gasteiger partial charge in [0.15, 0.2) is 0 Å². The molecule has 0 N–H and O–H groups in total. The van der Waals surface area contributed by atoms with Crippen LogP contribution in [0.5, 0.6) is 0 Å². The quantitative estimate of drug-likeness (QED) is 0.421. The third-order valence-electron chi connectivity index (χ3n) is 2.37. The molecule has 7 heteroatoms. The van der Waals surface area contributed by atoms with Gasteiger partial charge in [-0.3, -0.25) is 0 Å². The maximum atomic E-state index is 12.9. The summed E-state index contributed by atoms with van der Waals surface area (Å²) < 4.78 is 50.9. The first kappa shape index (κ1) is 12.9. The van der Waals surface area contributed by atoms with Gasteiger partial charge in [0.1, 0.15) is 0 Å². The standard InChI is InChI=1S/C9H13F4N3/c1-6(2)15-16(14-3)5-7-4-8(10,11)9(7,12)13/h7H,3-5H2,1-2H3. The van der Waals surface area contributed by atoms with Crippen LogP contribution in [0.1, 0.15) is 20.3 Å². The van der Waals surface area contributed by atoms with E-state index in [1.165, 1.54) is 0 Å². The van der Waals surface area contributed by atoms with Crippen LogP contribution < -0.4 is 0 Å². The number of alkyl halides is 4. The lowest BCUT2D eigenvalue weighted by Crippen LogP contribution is -2.61. The van der Waals surface area contributed by atoms with Crippen LogP contribution in [0.15, 0.2) is 10.2 Å². The fourth-order valence-corrected chi connectivity index (χ4v) is 1.48. The molecule has 1 atom stereocenters. The van der Waals surface area contributed by atoms with Crippen LogP contribution in [0.3, 0.4) is 0 Å². The normalized spacial score (nSPS) is 25.5. The Morgan fingerprint density at radius 1 is 1.38 bits per heavy atom. The van der Waals surface area contributed by atoms with Crippen LogP contribution in [0, 0.1) is 5.92 Å². The van der Waals surface area contributed by atoms with Crippen LogP contribution in [-0.2, 0) is 0 Å². The maximum absolute atomic E-state index is 12.9. The summed E-state index contributed by atoms with van der Waals surface area (Å²) in [6.07, 6.45) is -0.843. The fourth-order valence-electron chi connectivity index (χ4n) is 1.48. The van der Waals surface area contributed by atoms with Crippen molar-refractivity contribution < 1.29 is 17.6 Å². The Hall–Kier alpha value is -1.14. The number of hydrogen-bond donors (Lipinski definition) is 0. The Morgan fingerprint density at radius 2 is 1.94 bits per heavy atom. The lowest BCUT2D eigenvalue weighted by atomic mass is 9.77. The number of nitrogens with zero attached hydrogens (tertiary/aromatic N) is 3. The molecule has 92 valence electrons. The third kappa shape index (κ3) is 2.17. The van der Waals surface area contributed by atoms with Gasteiger partial charge in [-0.15, -0.1) is 0 Å². The van der Waals surface area contributed by atoms with Crippen molar-refractivity contribution in [3.8, 4) is 0 Å². The molecule has 1 unspecified atom stereocenters. The van der Waals surface area contributed by atoms with Gasteiger partial charge < -0.3 is 0 Å². The van der Waals surface area contributed by atoms with E-state index in [9.17, 15) is 17.6 Å². The SMILES string of the molecule is C=NN(CC1CC(F)(F)C1(F)F)N=C(C)C. The van der Waals surface area contributed by atoms with Crippen LogP contribution in [0.4, 0.5) is 17.6 Å². The minimum Gasteiger partial charge on any atom is -0.200 e. The van der Waals surface area contributed by atoms with Gasteiger partial charge in [0, 0.05) is 18.9 Å². The highest BCUT2D eigenvalue weighted by atomic mass is 19.3. The molecule has 1 aliphatic carbocycles. The summed E-state index contributed by atoms with van der Waals surface area (Å²) in [5, 5.41) is 8.07. The van der Waals surface area contributed by atoms with E-state index in [1.54, 1.807) is 13.8 Å². The predicted octanol–water partition coefficient (Wildman–Crippen LogP) is 2.59. The van der Waals surface area contributed by atoms with E-state index in [0.717, 1.165) is 5.12 Å². The minimum atomic E-state index is -3.98. The van der Waals surface area contributed by atoms with E-state index in [1.807, 2.05) is 0 Å². The summed E-state index contributed by atoms with van der Waals surface area (Å²) in [5.74, 6) is -9.32. The highest BCUT2D eigenvalue weighted by molar-refractivity contribution is 5.78. The van der Waals surface area contributed by atoms with Crippen LogP contribution in [0.25, 0.3) is 0 Å². The molecule has 0 heterocycles. The second-order valence-corrected chi connectivity index (χ2v) is 3.97. The molecular weight excluding hydrogens is 226 g/mol. The molecule has 1 fully saturated rings. The average Bonchev–Trinajstić information content (AvgIpc) is 2.14. The smallest absolute Gasteiger partial charge is 0.200 e. The molecule has 1 rings (SSSR count). The zero-order chi connectivity index (χ0) is 12.6. The Labute approximate surface area is 90.8 Å². The van der Waals surface area contributed by atoms with Crippen molar-refractivity contribution in [2.24, 2.45) is 16.1 Å². The molecule has 0 aromatic heterocycles. The lowest BCUT2D eigenvalue weighted by molar-refractivity contribution is -0.315. The molecule has 0 radical (unpaired) electrons. The van der Waals surface area contributed by atoms with E-state index in [0.29, 0.717) is 5.71 Å². The van der Waals surface area contributed by atoms with Crippen LogP contribution >= 0.6 is 0 Å². The molecule has 0 aromatic carbocycles. The van der Waals surface area contributed by atoms with Crippen molar-refractivity contribution in [2.75, 3.05) is 6.54 Å². The van der Waals surface area contributed by atoms with E-state index < -0.39 is 24.2 Å². The third-order valence-corrected chi connectivity index (χ3v) is 2.37. The van der Waals surface area contributed by atoms with Gasteiger partial charge in [0.2, 0.25) is 0 Å². The molecule has 0 saturated heterocycles. The van der Waals surface area contributed by atoms with Gasteiger partial charge >= 0.3 is 11.8 Å². The molecule has 0 bridgehead atoms. The molecule has 16 heavy (non-hydrogen) atoms. The molecule has 0 spiro atoms. The van der Waals surface area contributed by atoms with Gasteiger partial charge in [0.05, 0.1) is 12.5 Å². The Balaban J connectivity index is 2.63. The van der Waals surface area contributed by atoms with Gasteiger partial charge in [-0.1, -0.05) is 0 Å². The summed E-state index contributed by atoms with van der Waals surface area (Å²) in [6, 6.07) is 0. The predicted molar refractivity (Wildman–Crippen MR) is 53.0 cm³/mol. The second kappa shape index (κ2) is 4.03. The number of hydrogen-bond acceptors (Lipinski definition) is 3. The topological polar surface area (TPSA) is 28.0 Å². The van der Waals surface area contributed by atoms with E-state index in [4.69, 9.17) is 0 Å². The number of hydrazone groups is 2. The summed E-state index contributed by atoms with van der Waals surface area (Å²) in [4.78, 5) is 0. The molecule has 1 aliphatic rings. The van der Waals surface area contributed by atoms with E-state index in [2.05, 4.69) is 16.9 Å². The van der Waals surface area contributed by atoms with Crippen molar-refractivity contribution >= 4 is 12.4 Å². The van der Waals surface area contributed by atoms with Crippen molar-refractivity contribution in [3.05, 3.63) is 0 Å². The first-order chi connectivity index (χ1) is 7.20. The van der Waals surface area contributed by atoms with Crippen LogP contribution in [-0.4, -0.2) is 35.9 Å². The first-order valence-corrected chi connectivity index (χ1v) is 4.72. The zero-order valence-corrected chi connectivity index (χ0v) is 9.05. The molecule has 3 nitrogen and oxygen atoms in total. The molecule has 1 saturated carbocycles. The molecule has 0 aromatic rings. The molecular formula is C9H13F4N3. The number of rotatable bonds is 4. The number of halogens is 4. The van der Waals surface area contributed by atoms with E-state index >= 15 is 0 Å². The minimum absolute atomic E-state index is 0.350. The van der Waals surface area contributed by atoms with E-state index in [-0.39, 0.29) is 6.54 Å². The largest absolute Gasteiger partial charge is 0.315 e. The van der Waals surface area contributed by atoms with Crippen molar-refractivity contribution in [1.82, 2.24) is 5.12 Å². The van der Waals surface area contributed by atoms with Gasteiger partial charge in [-0.05, 0) is 13.8 Å². The van der Waals surface area contributed by atoms with Crippen molar-refractivity contribution in [2.45, 2.75) is 32.1 Å². The zero-order valence-electron chi connectivity index (χ0n) is 9.05. The van der Waals surface area contributed by atoms with Crippen molar-refractivity contribution in [1.29, 1.82) is 0 Å².